The number of likely N-dealkylation sites (tertiary alicyclic amines) is 1. The second kappa shape index (κ2) is 7.95. The van der Waals surface area contributed by atoms with Crippen LogP contribution in [0.4, 0.5) is 5.82 Å². The highest BCUT2D eigenvalue weighted by molar-refractivity contribution is 5.95. The third kappa shape index (κ3) is 3.65. The number of fused-ring (bicyclic) bond motifs is 1. The molecule has 0 radical (unpaired) electrons. The maximum absolute atomic E-state index is 12.8. The van der Waals surface area contributed by atoms with Crippen molar-refractivity contribution in [3.63, 3.8) is 0 Å². The lowest BCUT2D eigenvalue weighted by atomic mass is 9.98. The Balaban J connectivity index is 1.72. The number of carbonyl (C=O) groups excluding carboxylic acids is 1. The normalized spacial score (nSPS) is 20.5. The lowest BCUT2D eigenvalue weighted by Crippen LogP contribution is -2.40. The highest BCUT2D eigenvalue weighted by atomic mass is 16.2. The molecule has 1 saturated heterocycles. The Morgan fingerprint density at radius 3 is 2.79 bits per heavy atom. The van der Waals surface area contributed by atoms with Gasteiger partial charge in [-0.25, -0.2) is 9.97 Å². The fourth-order valence-electron chi connectivity index (χ4n) is 4.42. The molecule has 1 amide bonds. The number of anilines is 1. The number of hydrogen-bond donors (Lipinski definition) is 0. The molecule has 148 valence electrons. The number of amides is 1. The first-order valence-corrected chi connectivity index (χ1v) is 10.4. The SMILES string of the molecule is Cc1nc(C2CCCCN2C(C)C)nc2c1CCC(=O)N2Cc1ccccn1. The van der Waals surface area contributed by atoms with Crippen LogP contribution in [0.15, 0.2) is 24.4 Å². The van der Waals surface area contributed by atoms with Crippen LogP contribution in [0.1, 0.15) is 68.3 Å². The van der Waals surface area contributed by atoms with Crippen molar-refractivity contribution in [3.05, 3.63) is 47.2 Å². The first-order valence-electron chi connectivity index (χ1n) is 10.4. The van der Waals surface area contributed by atoms with Gasteiger partial charge in [-0.2, -0.15) is 0 Å². The largest absolute Gasteiger partial charge is 0.291 e. The van der Waals surface area contributed by atoms with Crippen LogP contribution in [0.2, 0.25) is 0 Å². The van der Waals surface area contributed by atoms with Crippen molar-refractivity contribution >= 4 is 11.7 Å². The number of hydrogen-bond acceptors (Lipinski definition) is 5. The summed E-state index contributed by atoms with van der Waals surface area (Å²) in [4.78, 5) is 31.4. The maximum Gasteiger partial charge on any atom is 0.228 e. The molecule has 1 fully saturated rings. The van der Waals surface area contributed by atoms with Crippen LogP contribution in [-0.2, 0) is 17.8 Å². The smallest absolute Gasteiger partial charge is 0.228 e. The summed E-state index contributed by atoms with van der Waals surface area (Å²) in [5.74, 6) is 1.77. The van der Waals surface area contributed by atoms with Crippen molar-refractivity contribution in [2.75, 3.05) is 11.4 Å². The Morgan fingerprint density at radius 2 is 2.04 bits per heavy atom. The summed E-state index contributed by atoms with van der Waals surface area (Å²) < 4.78 is 0. The Kier molecular flexibility index (Phi) is 5.40. The van der Waals surface area contributed by atoms with Crippen LogP contribution in [0.25, 0.3) is 0 Å². The number of pyridine rings is 1. The molecule has 0 saturated carbocycles. The van der Waals surface area contributed by atoms with Gasteiger partial charge in [0.1, 0.15) is 11.6 Å². The minimum atomic E-state index is 0.117. The van der Waals surface area contributed by atoms with Crippen LogP contribution in [0, 0.1) is 6.92 Å². The van der Waals surface area contributed by atoms with E-state index >= 15 is 0 Å². The fraction of sp³-hybridized carbons (Fsp3) is 0.545. The Labute approximate surface area is 167 Å². The van der Waals surface area contributed by atoms with E-state index in [4.69, 9.17) is 9.97 Å². The standard InChI is InChI=1S/C22H29N5O/c1-15(2)26-13-7-5-9-19(26)21-24-16(3)18-10-11-20(28)27(22(18)25-21)14-17-8-4-6-12-23-17/h4,6,8,12,15,19H,5,7,9-11,13-14H2,1-3H3. The van der Waals surface area contributed by atoms with Crippen LogP contribution < -0.4 is 4.90 Å². The van der Waals surface area contributed by atoms with E-state index in [0.717, 1.165) is 48.0 Å². The summed E-state index contributed by atoms with van der Waals surface area (Å²) >= 11 is 0. The molecule has 4 heterocycles. The highest BCUT2D eigenvalue weighted by Crippen LogP contribution is 2.35. The van der Waals surface area contributed by atoms with Gasteiger partial charge in [-0.1, -0.05) is 12.5 Å². The van der Waals surface area contributed by atoms with Crippen molar-refractivity contribution in [1.82, 2.24) is 19.9 Å². The molecule has 0 aliphatic carbocycles. The van der Waals surface area contributed by atoms with Gasteiger partial charge in [0.25, 0.3) is 0 Å². The van der Waals surface area contributed by atoms with Crippen LogP contribution in [0.3, 0.4) is 0 Å². The van der Waals surface area contributed by atoms with Crippen molar-refractivity contribution < 1.29 is 4.79 Å². The van der Waals surface area contributed by atoms with Crippen LogP contribution in [0.5, 0.6) is 0 Å². The van der Waals surface area contributed by atoms with Gasteiger partial charge < -0.3 is 0 Å². The molecular weight excluding hydrogens is 350 g/mol. The van der Waals surface area contributed by atoms with E-state index in [2.05, 4.69) is 30.7 Å². The zero-order valence-electron chi connectivity index (χ0n) is 17.1. The maximum atomic E-state index is 12.8. The molecule has 1 atom stereocenters. The van der Waals surface area contributed by atoms with Crippen LogP contribution >= 0.6 is 0 Å². The predicted molar refractivity (Wildman–Crippen MR) is 109 cm³/mol. The Bertz CT molecular complexity index is 852. The average Bonchev–Trinajstić information content (AvgIpc) is 2.71. The summed E-state index contributed by atoms with van der Waals surface area (Å²) in [7, 11) is 0. The molecule has 1 unspecified atom stereocenters. The van der Waals surface area contributed by atoms with E-state index in [0.29, 0.717) is 19.0 Å². The van der Waals surface area contributed by atoms with Gasteiger partial charge in [-0.05, 0) is 58.7 Å². The molecule has 0 bridgehead atoms. The van der Waals surface area contributed by atoms with Gasteiger partial charge in [0.15, 0.2) is 0 Å². The molecule has 6 heteroatoms. The Hall–Kier alpha value is -2.34. The molecule has 2 aromatic rings. The van der Waals surface area contributed by atoms with Crippen molar-refractivity contribution in [2.24, 2.45) is 0 Å². The number of aryl methyl sites for hydroxylation is 1. The van der Waals surface area contributed by atoms with Crippen molar-refractivity contribution in [2.45, 2.75) is 71.5 Å². The van der Waals surface area contributed by atoms with E-state index in [9.17, 15) is 4.79 Å². The van der Waals surface area contributed by atoms with Gasteiger partial charge in [0.2, 0.25) is 5.91 Å². The molecule has 4 rings (SSSR count). The van der Waals surface area contributed by atoms with Crippen molar-refractivity contribution in [3.8, 4) is 0 Å². The van der Waals surface area contributed by atoms with E-state index in [1.165, 1.54) is 12.8 Å². The summed E-state index contributed by atoms with van der Waals surface area (Å²) in [5, 5.41) is 0. The van der Waals surface area contributed by atoms with E-state index in [-0.39, 0.29) is 11.9 Å². The third-order valence-electron chi connectivity index (χ3n) is 5.91. The second-order valence-electron chi connectivity index (χ2n) is 8.11. The number of aromatic nitrogens is 3. The van der Waals surface area contributed by atoms with Gasteiger partial charge >= 0.3 is 0 Å². The lowest BCUT2D eigenvalue weighted by Gasteiger charge is -2.38. The lowest BCUT2D eigenvalue weighted by molar-refractivity contribution is -0.119. The minimum Gasteiger partial charge on any atom is -0.291 e. The Morgan fingerprint density at radius 1 is 1.18 bits per heavy atom. The van der Waals surface area contributed by atoms with E-state index < -0.39 is 0 Å². The quantitative estimate of drug-likeness (QED) is 0.812. The monoisotopic (exact) mass is 379 g/mol. The molecule has 0 aromatic carbocycles. The molecule has 0 N–H and O–H groups in total. The molecule has 28 heavy (non-hydrogen) atoms. The molecule has 2 aliphatic rings. The second-order valence-corrected chi connectivity index (χ2v) is 8.11. The third-order valence-corrected chi connectivity index (χ3v) is 5.91. The van der Waals surface area contributed by atoms with Gasteiger partial charge in [0, 0.05) is 29.9 Å². The number of rotatable bonds is 4. The summed E-state index contributed by atoms with van der Waals surface area (Å²) in [6.45, 7) is 8.07. The molecular formula is C22H29N5O. The first-order chi connectivity index (χ1) is 13.5. The summed E-state index contributed by atoms with van der Waals surface area (Å²) in [6.07, 6.45) is 6.49. The van der Waals surface area contributed by atoms with E-state index in [1.54, 1.807) is 6.20 Å². The fourth-order valence-corrected chi connectivity index (χ4v) is 4.42. The minimum absolute atomic E-state index is 0.117. The van der Waals surface area contributed by atoms with E-state index in [1.807, 2.05) is 23.1 Å². The molecule has 0 spiro atoms. The van der Waals surface area contributed by atoms with Gasteiger partial charge in [0.05, 0.1) is 18.3 Å². The summed E-state index contributed by atoms with van der Waals surface area (Å²) in [5.41, 5.74) is 2.99. The number of piperidine rings is 1. The zero-order valence-corrected chi connectivity index (χ0v) is 17.1. The summed E-state index contributed by atoms with van der Waals surface area (Å²) in [6, 6.07) is 6.49. The van der Waals surface area contributed by atoms with Crippen LogP contribution in [-0.4, -0.2) is 38.3 Å². The zero-order chi connectivity index (χ0) is 19.7. The number of carbonyl (C=O) groups is 1. The average molecular weight is 380 g/mol. The van der Waals surface area contributed by atoms with Gasteiger partial charge in [-0.15, -0.1) is 0 Å². The predicted octanol–water partition coefficient (Wildman–Crippen LogP) is 3.59. The molecule has 2 aromatic heterocycles. The van der Waals surface area contributed by atoms with Crippen molar-refractivity contribution in [1.29, 1.82) is 0 Å². The first kappa shape index (κ1) is 19.0. The topological polar surface area (TPSA) is 62.2 Å². The highest BCUT2D eigenvalue weighted by Gasteiger charge is 2.32. The van der Waals surface area contributed by atoms with Gasteiger partial charge in [-0.3, -0.25) is 19.6 Å². The number of nitrogens with zero attached hydrogens (tertiary/aromatic N) is 5. The molecule has 2 aliphatic heterocycles. The molecule has 6 nitrogen and oxygen atoms in total.